The van der Waals surface area contributed by atoms with Gasteiger partial charge in [0.15, 0.2) is 0 Å². The molecule has 0 rings (SSSR count). The Balaban J connectivity index is 4.01. The number of halogens is 1. The zero-order valence-corrected chi connectivity index (χ0v) is 13.8. The van der Waals surface area contributed by atoms with Crippen LogP contribution in [0.2, 0.25) is 13.3 Å². The molecule has 0 amide bonds. The van der Waals surface area contributed by atoms with E-state index >= 15 is 0 Å². The molecule has 0 saturated carbocycles. The first-order valence-electron chi connectivity index (χ1n) is 5.59. The third-order valence-corrected chi connectivity index (χ3v) is 20.9. The average Bonchev–Trinajstić information content (AvgIpc) is 2.21. The maximum atomic E-state index is 4.10. The van der Waals surface area contributed by atoms with Gasteiger partial charge in [0, 0.05) is 0 Å². The van der Waals surface area contributed by atoms with Gasteiger partial charge < -0.3 is 0 Å². The monoisotopic (exact) mass is 366 g/mol. The van der Waals surface area contributed by atoms with Crippen molar-refractivity contribution in [3.05, 3.63) is 25.3 Å². The summed E-state index contributed by atoms with van der Waals surface area (Å²) in [6, 6.07) is 0. The predicted molar refractivity (Wildman–Crippen MR) is 73.6 cm³/mol. The van der Waals surface area contributed by atoms with Crippen molar-refractivity contribution in [1.82, 2.24) is 0 Å². The quantitative estimate of drug-likeness (QED) is 0.385. The normalized spacial score (nSPS) is 11.3. The van der Waals surface area contributed by atoms with Crippen LogP contribution in [0.15, 0.2) is 25.3 Å². The third kappa shape index (κ3) is 7.10. The van der Waals surface area contributed by atoms with Crippen molar-refractivity contribution < 1.29 is 0 Å². The van der Waals surface area contributed by atoms with Gasteiger partial charge in [-0.3, -0.25) is 0 Å². The molecule has 0 spiro atoms. The summed E-state index contributed by atoms with van der Waals surface area (Å²) in [6.45, 7) is 9.91. The van der Waals surface area contributed by atoms with Crippen LogP contribution in [0.25, 0.3) is 0 Å². The van der Waals surface area contributed by atoms with E-state index < -0.39 is 16.2 Å². The summed E-state index contributed by atoms with van der Waals surface area (Å²) >= 11 is 2.21. The van der Waals surface area contributed by atoms with E-state index in [9.17, 15) is 0 Å². The molecule has 0 unspecified atom stereocenters. The number of rotatable bonds is 9. The fraction of sp³-hybridized carbons (Fsp3) is 0.667. The number of hydrogen-bond donors (Lipinski definition) is 0. The first-order valence-corrected chi connectivity index (χ1v) is 18.0. The molecule has 0 aromatic rings. The van der Waals surface area contributed by atoms with Gasteiger partial charge >= 0.3 is 100 Å². The van der Waals surface area contributed by atoms with Crippen LogP contribution in [-0.4, -0.2) is 16.2 Å². The molecule has 82 valence electrons. The summed E-state index contributed by atoms with van der Waals surface area (Å²) in [7, 11) is 0. The Morgan fingerprint density at radius 3 is 1.93 bits per heavy atom. The van der Waals surface area contributed by atoms with Crippen LogP contribution in [0.5, 0.6) is 0 Å². The van der Waals surface area contributed by atoms with Crippen LogP contribution in [0.4, 0.5) is 0 Å². The van der Waals surface area contributed by atoms with Crippen molar-refractivity contribution in [3.8, 4) is 0 Å². The van der Waals surface area contributed by atoms with Crippen LogP contribution in [0.1, 0.15) is 32.6 Å². The molecule has 0 radical (unpaired) electrons. The third-order valence-electron chi connectivity index (χ3n) is 2.57. The Hall–Kier alpha value is 0.759. The molecule has 0 aliphatic heterocycles. The summed E-state index contributed by atoms with van der Waals surface area (Å²) in [5.74, 6) is 0. The van der Waals surface area contributed by atoms with Crippen LogP contribution in [0.3, 0.4) is 0 Å². The summed E-state index contributed by atoms with van der Waals surface area (Å²) in [5.41, 5.74) is 0. The zero-order chi connectivity index (χ0) is 10.9. The molecule has 0 heterocycles. The molecule has 14 heavy (non-hydrogen) atoms. The summed E-state index contributed by atoms with van der Waals surface area (Å²) in [6.07, 6.45) is 9.24. The van der Waals surface area contributed by atoms with Crippen LogP contribution >= 0.6 is 12.7 Å². The Bertz CT molecular complexity index is 154. The Kier molecular flexibility index (Phi) is 9.51. The molecule has 0 aliphatic carbocycles. The molecule has 0 aromatic heterocycles. The SMILES string of the molecule is C=CC[CH2][Sn]([Br])([CH2]CC=C)[CH2]CCC. The van der Waals surface area contributed by atoms with Gasteiger partial charge in [-0.1, -0.05) is 0 Å². The van der Waals surface area contributed by atoms with Crippen molar-refractivity contribution in [2.45, 2.75) is 45.9 Å². The fourth-order valence-corrected chi connectivity index (χ4v) is 15.6. The van der Waals surface area contributed by atoms with Gasteiger partial charge in [-0.05, 0) is 0 Å². The first-order chi connectivity index (χ1) is 6.68. The van der Waals surface area contributed by atoms with Crippen molar-refractivity contribution >= 4 is 28.9 Å². The topological polar surface area (TPSA) is 0 Å². The second-order valence-electron chi connectivity index (χ2n) is 3.91. The van der Waals surface area contributed by atoms with Crippen LogP contribution in [0, 0.1) is 0 Å². The van der Waals surface area contributed by atoms with E-state index in [1.165, 1.54) is 39.0 Å². The zero-order valence-electron chi connectivity index (χ0n) is 9.40. The van der Waals surface area contributed by atoms with Crippen molar-refractivity contribution in [3.63, 3.8) is 0 Å². The second kappa shape index (κ2) is 9.02. The summed E-state index contributed by atoms with van der Waals surface area (Å²) in [5, 5.41) is 0. The molecule has 0 fully saturated rings. The summed E-state index contributed by atoms with van der Waals surface area (Å²) in [4.78, 5) is 0. The van der Waals surface area contributed by atoms with Gasteiger partial charge in [-0.2, -0.15) is 0 Å². The molecular formula is C12H23BrSn. The minimum atomic E-state index is -1.89. The van der Waals surface area contributed by atoms with Gasteiger partial charge in [-0.25, -0.2) is 0 Å². The van der Waals surface area contributed by atoms with Crippen LogP contribution < -0.4 is 0 Å². The maximum absolute atomic E-state index is 4.10. The Morgan fingerprint density at radius 1 is 1.07 bits per heavy atom. The Morgan fingerprint density at radius 2 is 1.57 bits per heavy atom. The standard InChI is InChI=1S/C4H9.2C4H7.BrH.Sn/c3*1-3-4-2;;/h1,3-4H2,2H3;2*3H,1-2,4H2;1H;/q;;;;+1/p-1. The minimum absolute atomic E-state index is 1.20. The van der Waals surface area contributed by atoms with E-state index in [1.54, 1.807) is 0 Å². The van der Waals surface area contributed by atoms with E-state index in [1.807, 2.05) is 0 Å². The van der Waals surface area contributed by atoms with Crippen molar-refractivity contribution in [2.75, 3.05) is 0 Å². The number of allylic oxidation sites excluding steroid dienone is 2. The van der Waals surface area contributed by atoms with Crippen molar-refractivity contribution in [2.24, 2.45) is 0 Å². The van der Waals surface area contributed by atoms with Gasteiger partial charge in [0.1, 0.15) is 0 Å². The molecule has 0 nitrogen and oxygen atoms in total. The predicted octanol–water partition coefficient (Wildman–Crippen LogP) is 5.28. The molecule has 2 heteroatoms. The molecule has 0 atom stereocenters. The van der Waals surface area contributed by atoms with E-state index in [4.69, 9.17) is 0 Å². The number of hydrogen-bond acceptors (Lipinski definition) is 0. The van der Waals surface area contributed by atoms with Gasteiger partial charge in [-0.15, -0.1) is 0 Å². The van der Waals surface area contributed by atoms with Gasteiger partial charge in [0.05, 0.1) is 0 Å². The molecule has 0 N–H and O–H groups in total. The molecular weight excluding hydrogens is 343 g/mol. The van der Waals surface area contributed by atoms with E-state index in [2.05, 4.69) is 44.9 Å². The van der Waals surface area contributed by atoms with Gasteiger partial charge in [0.2, 0.25) is 0 Å². The second-order valence-corrected chi connectivity index (χ2v) is 26.0. The molecule has 0 saturated heterocycles. The van der Waals surface area contributed by atoms with Crippen LogP contribution in [-0.2, 0) is 0 Å². The molecule has 0 bridgehead atoms. The fourth-order valence-electron chi connectivity index (χ4n) is 1.59. The van der Waals surface area contributed by atoms with Gasteiger partial charge in [0.25, 0.3) is 0 Å². The average molecular weight is 366 g/mol. The molecule has 0 aromatic carbocycles. The number of unbranched alkanes of at least 4 members (excludes halogenated alkanes) is 1. The first kappa shape index (κ1) is 14.8. The van der Waals surface area contributed by atoms with E-state index in [-0.39, 0.29) is 0 Å². The molecule has 0 aliphatic rings. The summed E-state index contributed by atoms with van der Waals surface area (Å²) < 4.78 is 4.30. The van der Waals surface area contributed by atoms with E-state index in [0.717, 1.165) is 0 Å². The Labute approximate surface area is 99.5 Å². The van der Waals surface area contributed by atoms with Crippen molar-refractivity contribution in [1.29, 1.82) is 0 Å². The van der Waals surface area contributed by atoms with E-state index in [0.29, 0.717) is 0 Å².